The fourth-order valence-electron chi connectivity index (χ4n) is 3.95. The van der Waals surface area contributed by atoms with Gasteiger partial charge in [-0.3, -0.25) is 4.79 Å². The molecule has 10 heteroatoms. The zero-order valence-corrected chi connectivity index (χ0v) is 18.0. The van der Waals surface area contributed by atoms with Gasteiger partial charge in [-0.1, -0.05) is 5.16 Å². The lowest BCUT2D eigenvalue weighted by molar-refractivity contribution is -0.276. The Morgan fingerprint density at radius 3 is 2.52 bits per heavy atom. The van der Waals surface area contributed by atoms with Crippen LogP contribution < -0.4 is 5.32 Å². The summed E-state index contributed by atoms with van der Waals surface area (Å²) in [6, 6.07) is 4.12. The Morgan fingerprint density at radius 2 is 1.94 bits per heavy atom. The number of alkyl halides is 3. The molecular formula is C21H21F4N3O2S. The van der Waals surface area contributed by atoms with Crippen molar-refractivity contribution in [2.24, 2.45) is 5.16 Å². The normalized spacial score (nSPS) is 20.5. The largest absolute Gasteiger partial charge is 0.435 e. The number of benzene rings is 1. The molecule has 3 heterocycles. The molecule has 1 N–H and O–H groups in total. The van der Waals surface area contributed by atoms with Gasteiger partial charge in [0.25, 0.3) is 11.5 Å². The summed E-state index contributed by atoms with van der Waals surface area (Å²) in [5, 5.41) is 6.54. The summed E-state index contributed by atoms with van der Waals surface area (Å²) in [6.45, 7) is 5.91. The summed E-state index contributed by atoms with van der Waals surface area (Å²) >= 11 is 1.33. The van der Waals surface area contributed by atoms with Crippen LogP contribution in [0.5, 0.6) is 0 Å². The summed E-state index contributed by atoms with van der Waals surface area (Å²) in [5.74, 6) is -0.514. The van der Waals surface area contributed by atoms with Crippen LogP contribution in [0.15, 0.2) is 23.4 Å². The van der Waals surface area contributed by atoms with Crippen LogP contribution in [0, 0.1) is 19.7 Å². The van der Waals surface area contributed by atoms with Crippen molar-refractivity contribution >= 4 is 23.1 Å². The molecule has 5 nitrogen and oxygen atoms in total. The first kappa shape index (κ1) is 21.6. The molecule has 4 rings (SSSR count). The van der Waals surface area contributed by atoms with E-state index in [1.54, 1.807) is 11.0 Å². The molecule has 0 saturated heterocycles. The summed E-state index contributed by atoms with van der Waals surface area (Å²) in [4.78, 5) is 20.3. The van der Waals surface area contributed by atoms with Crippen molar-refractivity contribution in [3.8, 4) is 0 Å². The molecule has 31 heavy (non-hydrogen) atoms. The lowest BCUT2D eigenvalue weighted by Gasteiger charge is -2.30. The van der Waals surface area contributed by atoms with Crippen LogP contribution in [0.3, 0.4) is 0 Å². The third-order valence-corrected chi connectivity index (χ3v) is 6.75. The van der Waals surface area contributed by atoms with E-state index in [0.717, 1.165) is 10.4 Å². The predicted molar refractivity (Wildman–Crippen MR) is 108 cm³/mol. The van der Waals surface area contributed by atoms with E-state index in [0.29, 0.717) is 24.5 Å². The number of carbonyl (C=O) groups excluding carboxylic acids is 1. The third kappa shape index (κ3) is 3.56. The zero-order valence-electron chi connectivity index (χ0n) is 17.2. The summed E-state index contributed by atoms with van der Waals surface area (Å²) in [7, 11) is 0. The van der Waals surface area contributed by atoms with Gasteiger partial charge in [0.2, 0.25) is 0 Å². The molecular weight excluding hydrogens is 434 g/mol. The van der Waals surface area contributed by atoms with Crippen LogP contribution >= 0.6 is 11.3 Å². The average Bonchev–Trinajstić information content (AvgIpc) is 3.38. The molecule has 0 bridgehead atoms. The van der Waals surface area contributed by atoms with Crippen molar-refractivity contribution in [1.82, 2.24) is 10.2 Å². The predicted octanol–water partition coefficient (Wildman–Crippen LogP) is 4.76. The number of amides is 1. The molecule has 0 saturated carbocycles. The number of carbonyl (C=O) groups is 1. The number of amidine groups is 1. The molecule has 166 valence electrons. The fourth-order valence-corrected chi connectivity index (χ4v) is 5.05. The van der Waals surface area contributed by atoms with Gasteiger partial charge in [0, 0.05) is 23.5 Å². The van der Waals surface area contributed by atoms with Gasteiger partial charge < -0.3 is 15.1 Å². The zero-order chi connectivity index (χ0) is 22.6. The Labute approximate surface area is 180 Å². The molecule has 1 aromatic heterocycles. The van der Waals surface area contributed by atoms with Crippen molar-refractivity contribution in [2.75, 3.05) is 6.54 Å². The van der Waals surface area contributed by atoms with Gasteiger partial charge >= 0.3 is 6.18 Å². The van der Waals surface area contributed by atoms with Crippen molar-refractivity contribution in [3.63, 3.8) is 0 Å². The van der Waals surface area contributed by atoms with Crippen LogP contribution in [0.1, 0.15) is 50.1 Å². The molecule has 2 aliphatic rings. The van der Waals surface area contributed by atoms with Crippen molar-refractivity contribution in [1.29, 1.82) is 0 Å². The van der Waals surface area contributed by atoms with E-state index in [1.165, 1.54) is 37.3 Å². The lowest BCUT2D eigenvalue weighted by atomic mass is 9.87. The van der Waals surface area contributed by atoms with Crippen LogP contribution in [0.25, 0.3) is 0 Å². The van der Waals surface area contributed by atoms with Gasteiger partial charge in [-0.2, -0.15) is 13.2 Å². The van der Waals surface area contributed by atoms with E-state index in [9.17, 15) is 22.4 Å². The minimum atomic E-state index is -4.75. The highest BCUT2D eigenvalue weighted by atomic mass is 32.1. The standard InChI is InChI=1S/C21H21F4N3O2S/c1-4-26-19(29)15-7-13-9-28(10-16(13)31-15)17-8-20(30-27-17,21(23,24)25)14-5-11(2)18(22)12(3)6-14/h5-7H,4,8-10H2,1-3H3,(H,26,29). The SMILES string of the molecule is CCNC(=O)c1cc2c(s1)CN(C1=NOC(c3cc(C)c(F)c(C)c3)(C(F)(F)F)C1)C2. The van der Waals surface area contributed by atoms with E-state index in [2.05, 4.69) is 10.5 Å². The highest BCUT2D eigenvalue weighted by molar-refractivity contribution is 7.14. The van der Waals surface area contributed by atoms with Gasteiger partial charge in [0.15, 0.2) is 0 Å². The second-order valence-electron chi connectivity index (χ2n) is 7.80. The van der Waals surface area contributed by atoms with Gasteiger partial charge in [0.05, 0.1) is 17.8 Å². The first-order valence-corrected chi connectivity index (χ1v) is 10.6. The number of halogens is 4. The number of oxime groups is 1. The number of aryl methyl sites for hydroxylation is 2. The van der Waals surface area contributed by atoms with Crippen molar-refractivity contribution < 1.29 is 27.2 Å². The second-order valence-corrected chi connectivity index (χ2v) is 8.94. The topological polar surface area (TPSA) is 53.9 Å². The molecule has 1 amide bonds. The van der Waals surface area contributed by atoms with E-state index < -0.39 is 24.0 Å². The van der Waals surface area contributed by atoms with E-state index in [4.69, 9.17) is 4.84 Å². The number of fused-ring (bicyclic) bond motifs is 1. The molecule has 1 aromatic carbocycles. The molecule has 1 unspecified atom stereocenters. The first-order valence-electron chi connectivity index (χ1n) is 9.79. The quantitative estimate of drug-likeness (QED) is 0.679. The molecule has 0 aliphatic carbocycles. The molecule has 2 aromatic rings. The van der Waals surface area contributed by atoms with E-state index >= 15 is 0 Å². The summed E-state index contributed by atoms with van der Waals surface area (Å²) in [5.41, 5.74) is -1.68. The minimum Gasteiger partial charge on any atom is -0.372 e. The van der Waals surface area contributed by atoms with Crippen LogP contribution in [-0.4, -0.2) is 29.4 Å². The van der Waals surface area contributed by atoms with Crippen LogP contribution in [-0.2, 0) is 23.5 Å². The first-order chi connectivity index (χ1) is 14.6. The van der Waals surface area contributed by atoms with Gasteiger partial charge in [-0.25, -0.2) is 4.39 Å². The Morgan fingerprint density at radius 1 is 1.26 bits per heavy atom. The molecule has 0 spiro atoms. The summed E-state index contributed by atoms with van der Waals surface area (Å²) in [6.07, 6.45) is -5.25. The second kappa shape index (κ2) is 7.51. The number of nitrogens with zero attached hydrogens (tertiary/aromatic N) is 2. The van der Waals surface area contributed by atoms with Crippen LogP contribution in [0.4, 0.5) is 17.6 Å². The average molecular weight is 455 g/mol. The smallest absolute Gasteiger partial charge is 0.372 e. The Kier molecular flexibility index (Phi) is 5.23. The Hall–Kier alpha value is -2.62. The maximum Gasteiger partial charge on any atom is 0.435 e. The van der Waals surface area contributed by atoms with Crippen molar-refractivity contribution in [2.45, 2.75) is 52.1 Å². The number of hydrogen-bond acceptors (Lipinski definition) is 5. The maximum absolute atomic E-state index is 14.2. The number of thiophene rings is 1. The Balaban J connectivity index is 1.57. The lowest BCUT2D eigenvalue weighted by Crippen LogP contribution is -2.44. The van der Waals surface area contributed by atoms with Gasteiger partial charge in [-0.15, -0.1) is 11.3 Å². The molecule has 0 radical (unpaired) electrons. The maximum atomic E-state index is 14.2. The highest BCUT2D eigenvalue weighted by Gasteiger charge is 2.63. The summed E-state index contributed by atoms with van der Waals surface area (Å²) < 4.78 is 56.6. The van der Waals surface area contributed by atoms with Gasteiger partial charge in [-0.05, 0) is 55.7 Å². The fraction of sp³-hybridized carbons (Fsp3) is 0.429. The highest BCUT2D eigenvalue weighted by Crippen LogP contribution is 2.49. The molecule has 0 fully saturated rings. The number of hydrogen-bond donors (Lipinski definition) is 1. The number of nitrogens with one attached hydrogen (secondary N) is 1. The monoisotopic (exact) mass is 455 g/mol. The Bertz CT molecular complexity index is 1030. The van der Waals surface area contributed by atoms with Crippen LogP contribution in [0.2, 0.25) is 0 Å². The molecule has 2 aliphatic heterocycles. The number of rotatable bonds is 3. The minimum absolute atomic E-state index is 0.122. The van der Waals surface area contributed by atoms with E-state index in [1.807, 2.05) is 6.92 Å². The molecule has 1 atom stereocenters. The third-order valence-electron chi connectivity index (χ3n) is 5.59. The van der Waals surface area contributed by atoms with Gasteiger partial charge in [0.1, 0.15) is 11.7 Å². The van der Waals surface area contributed by atoms with Crippen molar-refractivity contribution in [3.05, 3.63) is 56.0 Å². The van der Waals surface area contributed by atoms with E-state index in [-0.39, 0.29) is 28.4 Å².